The standard InChI is InChI=1S/C40H25NS2/c1-2-11-27-24-29(22-20-26(27)10-1)41(35-16-9-19-38-40(35)33-14-5-8-18-37(33)42-38)34-15-6-3-12-30(34)28-21-23-32-31-13-4-7-17-36(31)43-39(32)25-28/h1-25H. The normalized spacial score (nSPS) is 11.7. The van der Waals surface area contributed by atoms with E-state index in [1.807, 2.05) is 22.7 Å². The third-order valence-corrected chi connectivity index (χ3v) is 10.7. The molecule has 3 heteroatoms. The van der Waals surface area contributed by atoms with E-state index in [4.69, 9.17) is 0 Å². The van der Waals surface area contributed by atoms with Crippen LogP contribution in [0.25, 0.3) is 62.2 Å². The lowest BCUT2D eigenvalue weighted by atomic mass is 9.99. The van der Waals surface area contributed by atoms with E-state index in [1.54, 1.807) is 0 Å². The summed E-state index contributed by atoms with van der Waals surface area (Å²) in [6, 6.07) is 55.5. The van der Waals surface area contributed by atoms with Crippen molar-refractivity contribution in [2.75, 3.05) is 4.90 Å². The maximum absolute atomic E-state index is 2.47. The van der Waals surface area contributed by atoms with Crippen molar-refractivity contribution in [3.05, 3.63) is 152 Å². The van der Waals surface area contributed by atoms with E-state index in [0.717, 1.165) is 5.69 Å². The molecule has 202 valence electrons. The van der Waals surface area contributed by atoms with Gasteiger partial charge in [-0.2, -0.15) is 0 Å². The number of nitrogens with zero attached hydrogens (tertiary/aromatic N) is 1. The first-order valence-corrected chi connectivity index (χ1v) is 16.1. The quantitative estimate of drug-likeness (QED) is 0.199. The van der Waals surface area contributed by atoms with Gasteiger partial charge >= 0.3 is 0 Å². The molecule has 2 aromatic heterocycles. The maximum atomic E-state index is 2.47. The highest BCUT2D eigenvalue weighted by atomic mass is 32.1. The summed E-state index contributed by atoms with van der Waals surface area (Å²) in [6.45, 7) is 0. The monoisotopic (exact) mass is 583 g/mol. The molecule has 0 fully saturated rings. The third-order valence-electron chi connectivity index (χ3n) is 8.45. The second-order valence-electron chi connectivity index (χ2n) is 10.9. The summed E-state index contributed by atoms with van der Waals surface area (Å²) in [5, 5.41) is 7.73. The fraction of sp³-hybridized carbons (Fsp3) is 0. The van der Waals surface area contributed by atoms with Crippen LogP contribution in [-0.2, 0) is 0 Å². The molecule has 0 N–H and O–H groups in total. The average molecular weight is 584 g/mol. The zero-order valence-corrected chi connectivity index (χ0v) is 24.8. The van der Waals surface area contributed by atoms with Gasteiger partial charge in [0, 0.05) is 51.6 Å². The topological polar surface area (TPSA) is 3.24 Å². The van der Waals surface area contributed by atoms with Crippen LogP contribution in [-0.4, -0.2) is 0 Å². The molecule has 0 aliphatic heterocycles. The number of thiophene rings is 2. The Morgan fingerprint density at radius 1 is 0.395 bits per heavy atom. The largest absolute Gasteiger partial charge is 0.309 e. The molecule has 43 heavy (non-hydrogen) atoms. The van der Waals surface area contributed by atoms with E-state index in [0.29, 0.717) is 0 Å². The van der Waals surface area contributed by atoms with Crippen molar-refractivity contribution in [3.63, 3.8) is 0 Å². The van der Waals surface area contributed by atoms with Gasteiger partial charge in [0.15, 0.2) is 0 Å². The number of hydrogen-bond acceptors (Lipinski definition) is 3. The fourth-order valence-corrected chi connectivity index (χ4v) is 8.74. The Labute approximate surface area is 257 Å². The molecule has 0 amide bonds. The molecule has 1 nitrogen and oxygen atoms in total. The van der Waals surface area contributed by atoms with Gasteiger partial charge in [-0.1, -0.05) is 103 Å². The van der Waals surface area contributed by atoms with E-state index >= 15 is 0 Å². The summed E-state index contributed by atoms with van der Waals surface area (Å²) in [7, 11) is 0. The number of rotatable bonds is 4. The van der Waals surface area contributed by atoms with Crippen molar-refractivity contribution in [1.82, 2.24) is 0 Å². The first-order valence-electron chi connectivity index (χ1n) is 14.5. The molecule has 7 aromatic carbocycles. The van der Waals surface area contributed by atoms with Crippen molar-refractivity contribution in [3.8, 4) is 11.1 Å². The molecule has 0 aliphatic carbocycles. The molecule has 0 bridgehead atoms. The van der Waals surface area contributed by atoms with Gasteiger partial charge in [-0.05, 0) is 64.9 Å². The SMILES string of the molecule is c1ccc(N(c2ccc3ccccc3c2)c2cccc3sc4ccccc4c23)c(-c2ccc3c(c2)sc2ccccc23)c1. The molecule has 9 aromatic rings. The number of fused-ring (bicyclic) bond motifs is 7. The van der Waals surface area contributed by atoms with Gasteiger partial charge in [0.2, 0.25) is 0 Å². The van der Waals surface area contributed by atoms with Crippen LogP contribution < -0.4 is 4.90 Å². The number of hydrogen-bond donors (Lipinski definition) is 0. The van der Waals surface area contributed by atoms with Crippen LogP contribution >= 0.6 is 22.7 Å². The highest BCUT2D eigenvalue weighted by molar-refractivity contribution is 7.26. The summed E-state index contributed by atoms with van der Waals surface area (Å²) < 4.78 is 5.26. The molecule has 0 unspecified atom stereocenters. The van der Waals surface area contributed by atoms with Crippen molar-refractivity contribution >= 4 is 90.9 Å². The van der Waals surface area contributed by atoms with Gasteiger partial charge < -0.3 is 4.90 Å². The highest BCUT2D eigenvalue weighted by Gasteiger charge is 2.21. The van der Waals surface area contributed by atoms with Crippen LogP contribution in [0.5, 0.6) is 0 Å². The van der Waals surface area contributed by atoms with Gasteiger partial charge in [-0.15, -0.1) is 22.7 Å². The van der Waals surface area contributed by atoms with E-state index in [-0.39, 0.29) is 0 Å². The molecule has 9 rings (SSSR count). The lowest BCUT2D eigenvalue weighted by Gasteiger charge is -2.29. The number of para-hydroxylation sites is 1. The molecule has 0 spiro atoms. The van der Waals surface area contributed by atoms with Crippen LogP contribution in [0, 0.1) is 0 Å². The van der Waals surface area contributed by atoms with E-state index in [1.165, 1.54) is 73.6 Å². The summed E-state index contributed by atoms with van der Waals surface area (Å²) in [5.74, 6) is 0. The van der Waals surface area contributed by atoms with Gasteiger partial charge in [0.1, 0.15) is 0 Å². The van der Waals surface area contributed by atoms with E-state index in [9.17, 15) is 0 Å². The maximum Gasteiger partial charge on any atom is 0.0555 e. The van der Waals surface area contributed by atoms with E-state index in [2.05, 4.69) is 157 Å². The van der Waals surface area contributed by atoms with Crippen LogP contribution in [0.3, 0.4) is 0 Å². The average Bonchev–Trinajstić information content (AvgIpc) is 3.63. The van der Waals surface area contributed by atoms with Crippen LogP contribution in [0.2, 0.25) is 0 Å². The zero-order valence-electron chi connectivity index (χ0n) is 23.2. The summed E-state index contributed by atoms with van der Waals surface area (Å²) >= 11 is 3.74. The van der Waals surface area contributed by atoms with Gasteiger partial charge in [0.05, 0.1) is 11.4 Å². The fourth-order valence-electron chi connectivity index (χ4n) is 6.47. The highest BCUT2D eigenvalue weighted by Crippen LogP contribution is 2.48. The first kappa shape index (κ1) is 24.6. The minimum absolute atomic E-state index is 1.15. The van der Waals surface area contributed by atoms with Gasteiger partial charge in [-0.3, -0.25) is 0 Å². The Hall–Kier alpha value is -4.96. The Balaban J connectivity index is 1.33. The zero-order chi connectivity index (χ0) is 28.3. The van der Waals surface area contributed by atoms with Crippen molar-refractivity contribution < 1.29 is 0 Å². The molecular weight excluding hydrogens is 559 g/mol. The van der Waals surface area contributed by atoms with Crippen molar-refractivity contribution in [2.45, 2.75) is 0 Å². The number of benzene rings is 7. The molecule has 0 radical (unpaired) electrons. The summed E-state index contributed by atoms with van der Waals surface area (Å²) in [4.78, 5) is 2.47. The van der Waals surface area contributed by atoms with Crippen LogP contribution in [0.4, 0.5) is 17.1 Å². The lowest BCUT2D eigenvalue weighted by molar-refractivity contribution is 1.31. The molecule has 0 saturated carbocycles. The predicted molar refractivity (Wildman–Crippen MR) is 190 cm³/mol. The smallest absolute Gasteiger partial charge is 0.0555 e. The molecular formula is C40H25NS2. The second kappa shape index (κ2) is 9.81. The lowest BCUT2D eigenvalue weighted by Crippen LogP contribution is -2.11. The van der Waals surface area contributed by atoms with Crippen molar-refractivity contribution in [2.24, 2.45) is 0 Å². The minimum Gasteiger partial charge on any atom is -0.309 e. The van der Waals surface area contributed by atoms with Crippen LogP contribution in [0.15, 0.2) is 152 Å². The minimum atomic E-state index is 1.15. The predicted octanol–water partition coefficient (Wildman–Crippen LogP) is 12.7. The molecule has 0 atom stereocenters. The third kappa shape index (κ3) is 3.97. The Morgan fingerprint density at radius 2 is 1.05 bits per heavy atom. The van der Waals surface area contributed by atoms with Gasteiger partial charge in [0.25, 0.3) is 0 Å². The second-order valence-corrected chi connectivity index (χ2v) is 13.1. The van der Waals surface area contributed by atoms with E-state index < -0.39 is 0 Å². The Kier molecular flexibility index (Phi) is 5.62. The Morgan fingerprint density at radius 3 is 1.95 bits per heavy atom. The molecule has 0 aliphatic rings. The van der Waals surface area contributed by atoms with Gasteiger partial charge in [-0.25, -0.2) is 0 Å². The number of anilines is 3. The summed E-state index contributed by atoms with van der Waals surface area (Å²) in [6.07, 6.45) is 0. The Bertz CT molecular complexity index is 2480. The van der Waals surface area contributed by atoms with Crippen LogP contribution in [0.1, 0.15) is 0 Å². The first-order chi connectivity index (χ1) is 21.3. The molecule has 2 heterocycles. The summed E-state index contributed by atoms with van der Waals surface area (Å²) in [5.41, 5.74) is 5.95. The molecule has 0 saturated heterocycles. The van der Waals surface area contributed by atoms with Crippen molar-refractivity contribution in [1.29, 1.82) is 0 Å².